The van der Waals surface area contributed by atoms with Gasteiger partial charge in [-0.3, -0.25) is 0 Å². The van der Waals surface area contributed by atoms with Gasteiger partial charge in [-0.25, -0.2) is 9.97 Å². The smallest absolute Gasteiger partial charge is 0.226 e. The third kappa shape index (κ3) is 4.55. The maximum atomic E-state index is 10.1. The first-order valence-electron chi connectivity index (χ1n) is 8.10. The monoisotopic (exact) mass is 336 g/mol. The van der Waals surface area contributed by atoms with Crippen LogP contribution in [0.4, 0.5) is 0 Å². The second-order valence-corrected chi connectivity index (χ2v) is 5.62. The van der Waals surface area contributed by atoms with E-state index in [2.05, 4.69) is 9.97 Å². The molecule has 0 aliphatic rings. The molecule has 5 nitrogen and oxygen atoms in total. The number of benzene rings is 2. The van der Waals surface area contributed by atoms with Crippen LogP contribution in [0.25, 0.3) is 0 Å². The fourth-order valence-corrected chi connectivity index (χ4v) is 2.40. The molecule has 0 amide bonds. The van der Waals surface area contributed by atoms with Crippen LogP contribution in [-0.4, -0.2) is 15.1 Å². The Morgan fingerprint density at radius 3 is 1.64 bits per heavy atom. The van der Waals surface area contributed by atoms with E-state index < -0.39 is 6.10 Å². The van der Waals surface area contributed by atoms with Crippen molar-refractivity contribution in [2.24, 2.45) is 0 Å². The van der Waals surface area contributed by atoms with Gasteiger partial charge in [0.1, 0.15) is 25.1 Å². The zero-order valence-corrected chi connectivity index (χ0v) is 14.0. The quantitative estimate of drug-likeness (QED) is 0.713. The molecule has 0 saturated carbocycles. The summed E-state index contributed by atoms with van der Waals surface area (Å²) in [7, 11) is 0. The van der Waals surface area contributed by atoms with Crippen molar-refractivity contribution in [2.75, 3.05) is 0 Å². The highest BCUT2D eigenvalue weighted by Gasteiger charge is 2.19. The lowest BCUT2D eigenvalue weighted by Gasteiger charge is -2.16. The van der Waals surface area contributed by atoms with Gasteiger partial charge in [-0.15, -0.1) is 0 Å². The van der Waals surface area contributed by atoms with E-state index in [0.717, 1.165) is 11.1 Å². The SMILES string of the molecule is C[C@H](O)c1c(OCc2ccccc2)ncnc1OCc1ccccc1. The molecule has 1 atom stereocenters. The van der Waals surface area contributed by atoms with E-state index in [-0.39, 0.29) is 0 Å². The molecular weight excluding hydrogens is 316 g/mol. The maximum absolute atomic E-state index is 10.1. The molecule has 1 heterocycles. The van der Waals surface area contributed by atoms with Crippen LogP contribution in [-0.2, 0) is 13.2 Å². The Hall–Kier alpha value is -2.92. The minimum absolute atomic E-state index is 0.330. The van der Waals surface area contributed by atoms with Crippen molar-refractivity contribution in [1.82, 2.24) is 9.97 Å². The second-order valence-electron chi connectivity index (χ2n) is 5.62. The van der Waals surface area contributed by atoms with Gasteiger partial charge in [-0.2, -0.15) is 0 Å². The van der Waals surface area contributed by atoms with Crippen LogP contribution in [0, 0.1) is 0 Å². The first-order valence-corrected chi connectivity index (χ1v) is 8.10. The molecule has 128 valence electrons. The Morgan fingerprint density at radius 2 is 1.24 bits per heavy atom. The van der Waals surface area contributed by atoms with Gasteiger partial charge in [-0.1, -0.05) is 60.7 Å². The average Bonchev–Trinajstić information content (AvgIpc) is 2.66. The first-order chi connectivity index (χ1) is 12.2. The minimum Gasteiger partial charge on any atom is -0.472 e. The van der Waals surface area contributed by atoms with Crippen LogP contribution >= 0.6 is 0 Å². The molecule has 2 aromatic carbocycles. The summed E-state index contributed by atoms with van der Waals surface area (Å²) in [6.07, 6.45) is 0.574. The van der Waals surface area contributed by atoms with Crippen molar-refractivity contribution < 1.29 is 14.6 Å². The molecule has 1 N–H and O–H groups in total. The largest absolute Gasteiger partial charge is 0.472 e. The lowest BCUT2D eigenvalue weighted by molar-refractivity contribution is 0.175. The molecule has 0 fully saturated rings. The van der Waals surface area contributed by atoms with E-state index in [1.165, 1.54) is 6.33 Å². The summed E-state index contributed by atoms with van der Waals surface area (Å²) in [5.41, 5.74) is 2.49. The zero-order valence-electron chi connectivity index (χ0n) is 14.0. The summed E-state index contributed by atoms with van der Waals surface area (Å²) in [5.74, 6) is 0.661. The van der Waals surface area contributed by atoms with Crippen LogP contribution in [0.1, 0.15) is 29.7 Å². The van der Waals surface area contributed by atoms with E-state index in [1.807, 2.05) is 60.7 Å². The maximum Gasteiger partial charge on any atom is 0.226 e. The molecule has 5 heteroatoms. The van der Waals surface area contributed by atoms with Crippen molar-refractivity contribution in [3.8, 4) is 11.8 Å². The summed E-state index contributed by atoms with van der Waals surface area (Å²) >= 11 is 0. The minimum atomic E-state index is -0.808. The molecule has 0 aliphatic carbocycles. The molecule has 3 aromatic rings. The van der Waals surface area contributed by atoms with E-state index in [4.69, 9.17) is 9.47 Å². The van der Waals surface area contributed by atoms with E-state index >= 15 is 0 Å². The summed E-state index contributed by atoms with van der Waals surface area (Å²) < 4.78 is 11.6. The van der Waals surface area contributed by atoms with Gasteiger partial charge in [-0.05, 0) is 18.1 Å². The topological polar surface area (TPSA) is 64.5 Å². The number of nitrogens with zero attached hydrogens (tertiary/aromatic N) is 2. The number of aliphatic hydroxyl groups is 1. The molecule has 0 bridgehead atoms. The predicted octanol–water partition coefficient (Wildman–Crippen LogP) is 3.69. The molecule has 3 rings (SSSR count). The highest BCUT2D eigenvalue weighted by Crippen LogP contribution is 2.31. The molecule has 0 saturated heterocycles. The van der Waals surface area contributed by atoms with E-state index in [1.54, 1.807) is 6.92 Å². The molecule has 0 spiro atoms. The Labute approximate surface area is 146 Å². The molecule has 0 radical (unpaired) electrons. The summed E-state index contributed by atoms with van der Waals surface area (Å²) in [6.45, 7) is 2.36. The molecule has 1 aromatic heterocycles. The number of hydrogen-bond acceptors (Lipinski definition) is 5. The number of ether oxygens (including phenoxy) is 2. The van der Waals surface area contributed by atoms with Crippen molar-refractivity contribution in [3.05, 3.63) is 83.7 Å². The van der Waals surface area contributed by atoms with Crippen LogP contribution in [0.5, 0.6) is 11.8 Å². The van der Waals surface area contributed by atoms with Gasteiger partial charge in [0.15, 0.2) is 0 Å². The average molecular weight is 336 g/mol. The third-order valence-corrected chi connectivity index (χ3v) is 3.67. The normalized spacial score (nSPS) is 11.8. The van der Waals surface area contributed by atoms with E-state index in [0.29, 0.717) is 30.5 Å². The van der Waals surface area contributed by atoms with Crippen LogP contribution in [0.15, 0.2) is 67.0 Å². The number of aromatic nitrogens is 2. The van der Waals surface area contributed by atoms with E-state index in [9.17, 15) is 5.11 Å². The molecule has 25 heavy (non-hydrogen) atoms. The number of aliphatic hydroxyl groups excluding tert-OH is 1. The van der Waals surface area contributed by atoms with Crippen LogP contribution in [0.2, 0.25) is 0 Å². The van der Waals surface area contributed by atoms with Gasteiger partial charge in [0.25, 0.3) is 0 Å². The Bertz CT molecular complexity index is 731. The standard InChI is InChI=1S/C20H20N2O3/c1-15(23)18-19(24-12-16-8-4-2-5-9-16)21-14-22-20(18)25-13-17-10-6-3-7-11-17/h2-11,14-15,23H,12-13H2,1H3/t15-/m0/s1. The fraction of sp³-hybridized carbons (Fsp3) is 0.200. The lowest BCUT2D eigenvalue weighted by Crippen LogP contribution is -2.08. The van der Waals surface area contributed by atoms with Crippen molar-refractivity contribution in [1.29, 1.82) is 0 Å². The van der Waals surface area contributed by atoms with Crippen LogP contribution in [0.3, 0.4) is 0 Å². The lowest BCUT2D eigenvalue weighted by atomic mass is 10.2. The summed E-state index contributed by atoms with van der Waals surface area (Å²) in [5, 5.41) is 10.1. The number of rotatable bonds is 7. The Kier molecular flexibility index (Phi) is 5.59. The highest BCUT2D eigenvalue weighted by molar-refractivity contribution is 5.36. The van der Waals surface area contributed by atoms with Gasteiger partial charge in [0.2, 0.25) is 11.8 Å². The van der Waals surface area contributed by atoms with Crippen molar-refractivity contribution >= 4 is 0 Å². The summed E-state index contributed by atoms with van der Waals surface area (Å²) in [6, 6.07) is 19.6. The van der Waals surface area contributed by atoms with Gasteiger partial charge in [0, 0.05) is 0 Å². The predicted molar refractivity (Wildman–Crippen MR) is 94.2 cm³/mol. The Balaban J connectivity index is 1.76. The van der Waals surface area contributed by atoms with Gasteiger partial charge < -0.3 is 14.6 Å². The van der Waals surface area contributed by atoms with Crippen molar-refractivity contribution in [3.63, 3.8) is 0 Å². The highest BCUT2D eigenvalue weighted by atomic mass is 16.5. The van der Waals surface area contributed by atoms with Crippen molar-refractivity contribution in [2.45, 2.75) is 26.2 Å². The van der Waals surface area contributed by atoms with Gasteiger partial charge in [0.05, 0.1) is 6.10 Å². The van der Waals surface area contributed by atoms with Gasteiger partial charge >= 0.3 is 0 Å². The summed E-state index contributed by atoms with van der Waals surface area (Å²) in [4.78, 5) is 8.31. The zero-order chi connectivity index (χ0) is 17.5. The molecule has 0 unspecified atom stereocenters. The first kappa shape index (κ1) is 16.9. The fourth-order valence-electron chi connectivity index (χ4n) is 2.40. The second kappa shape index (κ2) is 8.26. The van der Waals surface area contributed by atoms with Crippen LogP contribution < -0.4 is 9.47 Å². The Morgan fingerprint density at radius 1 is 0.800 bits per heavy atom. The number of hydrogen-bond donors (Lipinski definition) is 1. The molecule has 0 aliphatic heterocycles. The molecular formula is C20H20N2O3. The third-order valence-electron chi connectivity index (χ3n) is 3.67.